The van der Waals surface area contributed by atoms with Crippen molar-refractivity contribution in [3.05, 3.63) is 10.4 Å². The first-order valence-corrected chi connectivity index (χ1v) is 0.424. The van der Waals surface area contributed by atoms with Crippen molar-refractivity contribution >= 4 is 59.1 Å². The number of nitrogens with one attached hydrogen (secondary N) is 1. The summed E-state index contributed by atoms with van der Waals surface area (Å²) >= 11 is 0. The second-order valence-corrected chi connectivity index (χ2v) is 0.100. The van der Waals surface area contributed by atoms with Crippen LogP contribution in [0.1, 0.15) is 0 Å². The Labute approximate surface area is 74.1 Å². The van der Waals surface area contributed by atoms with Crippen LogP contribution in [0.25, 0.3) is 10.4 Å². The van der Waals surface area contributed by atoms with Crippen molar-refractivity contribution in [2.45, 2.75) is 0 Å². The van der Waals surface area contributed by atoms with Gasteiger partial charge >= 0.3 is 59.1 Å². The van der Waals surface area contributed by atoms with E-state index in [1.165, 1.54) is 0 Å². The number of rotatable bonds is 0. The molecule has 0 spiro atoms. The molecule has 0 saturated carbocycles. The third kappa shape index (κ3) is 33.9. The van der Waals surface area contributed by atoms with Crippen LogP contribution in [0.2, 0.25) is 0 Å². The fourth-order valence-corrected chi connectivity index (χ4v) is 0. The van der Waals surface area contributed by atoms with E-state index in [0.29, 0.717) is 0 Å². The van der Waals surface area contributed by atoms with Gasteiger partial charge in [-0.25, -0.2) is 0 Å². The van der Waals surface area contributed by atoms with Crippen molar-refractivity contribution < 1.29 is 0 Å². The van der Waals surface area contributed by atoms with Gasteiger partial charge in [0.15, 0.2) is 0 Å². The molecule has 0 heterocycles. The Morgan fingerprint density at radius 2 is 1.40 bits per heavy atom. The van der Waals surface area contributed by atoms with E-state index in [1.807, 2.05) is 0 Å². The van der Waals surface area contributed by atoms with Crippen molar-refractivity contribution in [3.8, 4) is 0 Å². The Balaban J connectivity index is -0.0000000200. The van der Waals surface area contributed by atoms with E-state index in [2.05, 4.69) is 0 Å². The van der Waals surface area contributed by atoms with Gasteiger partial charge in [0.1, 0.15) is 0 Å². The zero-order valence-corrected chi connectivity index (χ0v) is 1.39. The molecule has 20 valence electrons. The Hall–Kier alpha value is 1.31. The first-order chi connectivity index (χ1) is 1.41. The molecule has 0 fully saturated rings. The molecule has 0 aliphatic rings. The van der Waals surface area contributed by atoms with E-state index in [1.54, 1.807) is 4.91 Å². The maximum atomic E-state index is 6.86. The Bertz CT molecular complexity index is 25.9. The first-order valence-electron chi connectivity index (χ1n) is 0.424. The SMILES string of the molecule is [N-]=[N+]=N.[NaH].[NaH]. The number of nitrogens with zero attached hydrogens (tertiary/aromatic N) is 2. The van der Waals surface area contributed by atoms with Crippen LogP contribution in [0, 0.1) is 5.53 Å². The molecule has 0 aromatic heterocycles. The van der Waals surface area contributed by atoms with Crippen LogP contribution in [0.3, 0.4) is 0 Å². The normalized spacial score (nSPS) is 1.60. The van der Waals surface area contributed by atoms with Crippen molar-refractivity contribution in [2.24, 2.45) is 0 Å². The minimum absolute atomic E-state index is 0. The summed E-state index contributed by atoms with van der Waals surface area (Å²) in [6, 6.07) is 0. The molecular formula is H3N3Na2. The predicted octanol–water partition coefficient (Wildman–Crippen LogP) is -0.422. The third-order valence-electron chi connectivity index (χ3n) is 0. The van der Waals surface area contributed by atoms with Crippen molar-refractivity contribution in [3.63, 3.8) is 0 Å². The Morgan fingerprint density at radius 3 is 1.40 bits per heavy atom. The molecule has 5 heteroatoms. The van der Waals surface area contributed by atoms with Crippen LogP contribution < -0.4 is 0 Å². The van der Waals surface area contributed by atoms with Crippen LogP contribution >= 0.6 is 0 Å². The molecule has 0 rings (SSSR count). The minimum atomic E-state index is 0. The van der Waals surface area contributed by atoms with E-state index in [-0.39, 0.29) is 59.1 Å². The van der Waals surface area contributed by atoms with Crippen molar-refractivity contribution in [2.75, 3.05) is 0 Å². The van der Waals surface area contributed by atoms with Gasteiger partial charge in [-0.3, -0.25) is 0 Å². The van der Waals surface area contributed by atoms with E-state index in [4.69, 9.17) is 11.1 Å². The molecule has 5 heavy (non-hydrogen) atoms. The molecule has 0 atom stereocenters. The average Bonchev–Trinajstić information content (AvgIpc) is 0.918. The van der Waals surface area contributed by atoms with Gasteiger partial charge in [-0.05, 0) is 10.4 Å². The second kappa shape index (κ2) is 18.5. The molecule has 0 radical (unpaired) electrons. The van der Waals surface area contributed by atoms with Crippen LogP contribution in [0.5, 0.6) is 0 Å². The average molecular weight is 91.0 g/mol. The molecule has 0 aliphatic carbocycles. The van der Waals surface area contributed by atoms with E-state index in [9.17, 15) is 0 Å². The summed E-state index contributed by atoms with van der Waals surface area (Å²) in [5.74, 6) is 0. The van der Waals surface area contributed by atoms with E-state index < -0.39 is 0 Å². The summed E-state index contributed by atoms with van der Waals surface area (Å²) in [6.45, 7) is 0. The molecule has 1 N–H and O–H groups in total. The summed E-state index contributed by atoms with van der Waals surface area (Å²) in [4.78, 5) is 1.75. The van der Waals surface area contributed by atoms with Gasteiger partial charge in [0.25, 0.3) is 0 Å². The maximum absolute atomic E-state index is 6.86. The summed E-state index contributed by atoms with van der Waals surface area (Å²) in [7, 11) is 0. The van der Waals surface area contributed by atoms with Crippen LogP contribution in [0.4, 0.5) is 0 Å². The molecule has 0 aromatic carbocycles. The standard InChI is InChI=1S/HN3.2Na.2H/c1-3-2;;;;/h1H;;;;. The molecule has 0 bridgehead atoms. The second-order valence-electron chi connectivity index (χ2n) is 0.100. The molecule has 3 nitrogen and oxygen atoms in total. The van der Waals surface area contributed by atoms with E-state index in [0.717, 1.165) is 0 Å². The molecule has 0 unspecified atom stereocenters. The van der Waals surface area contributed by atoms with Gasteiger partial charge in [-0.15, -0.1) is 5.53 Å². The fraction of sp³-hybridized carbons (Fsp3) is 0. The molecule has 0 saturated heterocycles. The quantitative estimate of drug-likeness (QED) is 0.182. The fourth-order valence-electron chi connectivity index (χ4n) is 0. The third-order valence-corrected chi connectivity index (χ3v) is 0. The first kappa shape index (κ1) is 16.2. The van der Waals surface area contributed by atoms with Crippen molar-refractivity contribution in [1.82, 2.24) is 0 Å². The van der Waals surface area contributed by atoms with Crippen molar-refractivity contribution in [1.29, 1.82) is 5.53 Å². The van der Waals surface area contributed by atoms with Gasteiger partial charge < -0.3 is 0 Å². The summed E-state index contributed by atoms with van der Waals surface area (Å²) in [6.07, 6.45) is 0. The summed E-state index contributed by atoms with van der Waals surface area (Å²) in [5, 5.41) is 0. The topological polar surface area (TPSA) is 60.3 Å². The molecular weight excluding hydrogens is 88.0 g/mol. The Morgan fingerprint density at radius 1 is 1.40 bits per heavy atom. The number of hydrogen-bond acceptors (Lipinski definition) is 1. The van der Waals surface area contributed by atoms with Gasteiger partial charge in [0.2, 0.25) is 0 Å². The molecule has 0 aliphatic heterocycles. The zero-order valence-electron chi connectivity index (χ0n) is 1.39. The zero-order chi connectivity index (χ0) is 2.71. The van der Waals surface area contributed by atoms with Crippen LogP contribution in [0.15, 0.2) is 0 Å². The summed E-state index contributed by atoms with van der Waals surface area (Å²) in [5.41, 5.74) is 12.2. The molecule has 0 amide bonds. The number of hydrogen-bond donors (Lipinski definition) is 1. The van der Waals surface area contributed by atoms with Gasteiger partial charge in [-0.2, -0.15) is 0 Å². The van der Waals surface area contributed by atoms with E-state index >= 15 is 0 Å². The van der Waals surface area contributed by atoms with Gasteiger partial charge in [-0.1, -0.05) is 0 Å². The monoisotopic (exact) mass is 91.0 g/mol. The Kier molecular flexibility index (Phi) is 60.0. The summed E-state index contributed by atoms with van der Waals surface area (Å²) < 4.78 is 0. The predicted molar refractivity (Wildman–Crippen MR) is 23.7 cm³/mol. The molecule has 0 aromatic rings. The van der Waals surface area contributed by atoms with Gasteiger partial charge in [0.05, 0.1) is 0 Å². The van der Waals surface area contributed by atoms with Gasteiger partial charge in [0, 0.05) is 0 Å². The van der Waals surface area contributed by atoms with Crippen LogP contribution in [-0.2, 0) is 0 Å². The van der Waals surface area contributed by atoms with Crippen LogP contribution in [-0.4, -0.2) is 59.1 Å².